The Bertz CT molecular complexity index is 358. The van der Waals surface area contributed by atoms with E-state index in [9.17, 15) is 0 Å². The van der Waals surface area contributed by atoms with E-state index < -0.39 is 0 Å². The Kier molecular flexibility index (Phi) is 3.88. The fourth-order valence-electron chi connectivity index (χ4n) is 1.98. The highest BCUT2D eigenvalue weighted by Gasteiger charge is 2.23. The average Bonchev–Trinajstić information content (AvgIpc) is 3.04. The van der Waals surface area contributed by atoms with Crippen molar-refractivity contribution in [1.29, 1.82) is 0 Å². The molecule has 1 nitrogen and oxygen atoms in total. The van der Waals surface area contributed by atoms with Gasteiger partial charge in [-0.2, -0.15) is 0 Å². The van der Waals surface area contributed by atoms with Gasteiger partial charge in [0.2, 0.25) is 0 Å². The normalized spacial score (nSPS) is 17.4. The first-order valence-electron chi connectivity index (χ1n) is 6.13. The van der Waals surface area contributed by atoms with Gasteiger partial charge in [-0.3, -0.25) is 0 Å². The van der Waals surface area contributed by atoms with Crippen molar-refractivity contribution in [3.63, 3.8) is 0 Å². The summed E-state index contributed by atoms with van der Waals surface area (Å²) in [6, 6.07) is 6.92. The summed E-state index contributed by atoms with van der Waals surface area (Å²) in [6.07, 6.45) is 4.18. The van der Waals surface area contributed by atoms with Crippen LogP contribution in [-0.2, 0) is 6.54 Å². The number of rotatable bonds is 5. The molecule has 1 unspecified atom stereocenters. The molecule has 2 heteroatoms. The molecule has 1 atom stereocenters. The quantitative estimate of drug-likeness (QED) is 0.819. The standard InChI is InChI=1S/C14H20ClN/c1-10-3-4-13(8-14(10)15)9-16-11(2)7-12-5-6-12/h3-4,8,11-12,16H,5-7,9H2,1-2H3. The zero-order chi connectivity index (χ0) is 11.5. The van der Waals surface area contributed by atoms with Crippen molar-refractivity contribution in [2.45, 2.75) is 45.7 Å². The predicted octanol–water partition coefficient (Wildman–Crippen LogP) is 3.93. The molecule has 1 N–H and O–H groups in total. The van der Waals surface area contributed by atoms with Crippen LogP contribution in [0.1, 0.15) is 37.3 Å². The predicted molar refractivity (Wildman–Crippen MR) is 69.8 cm³/mol. The lowest BCUT2D eigenvalue weighted by Gasteiger charge is -2.13. The molecule has 1 aromatic carbocycles. The Balaban J connectivity index is 1.81. The van der Waals surface area contributed by atoms with Crippen molar-refractivity contribution >= 4 is 11.6 Å². The van der Waals surface area contributed by atoms with E-state index in [1.165, 1.54) is 24.8 Å². The number of benzene rings is 1. The first kappa shape index (κ1) is 11.9. The molecule has 1 aliphatic carbocycles. The maximum Gasteiger partial charge on any atom is 0.0438 e. The molecule has 1 aliphatic rings. The van der Waals surface area contributed by atoms with E-state index in [2.05, 4.69) is 30.4 Å². The van der Waals surface area contributed by atoms with Crippen LogP contribution in [-0.4, -0.2) is 6.04 Å². The van der Waals surface area contributed by atoms with Crippen LogP contribution in [0.5, 0.6) is 0 Å². The van der Waals surface area contributed by atoms with Gasteiger partial charge in [0.15, 0.2) is 0 Å². The Morgan fingerprint density at radius 1 is 1.44 bits per heavy atom. The van der Waals surface area contributed by atoms with Crippen molar-refractivity contribution in [3.05, 3.63) is 34.3 Å². The van der Waals surface area contributed by atoms with Crippen molar-refractivity contribution in [2.75, 3.05) is 0 Å². The number of hydrogen-bond acceptors (Lipinski definition) is 1. The number of nitrogens with one attached hydrogen (secondary N) is 1. The molecule has 0 aromatic heterocycles. The molecule has 1 aromatic rings. The van der Waals surface area contributed by atoms with Crippen LogP contribution in [0.25, 0.3) is 0 Å². The van der Waals surface area contributed by atoms with Gasteiger partial charge in [0.1, 0.15) is 0 Å². The number of aryl methyl sites for hydroxylation is 1. The molecule has 0 bridgehead atoms. The molecule has 0 amide bonds. The van der Waals surface area contributed by atoms with Crippen LogP contribution in [0.4, 0.5) is 0 Å². The monoisotopic (exact) mass is 237 g/mol. The van der Waals surface area contributed by atoms with Gasteiger partial charge in [-0.05, 0) is 43.4 Å². The summed E-state index contributed by atoms with van der Waals surface area (Å²) in [6.45, 7) is 5.23. The molecule has 0 saturated heterocycles. The fraction of sp³-hybridized carbons (Fsp3) is 0.571. The van der Waals surface area contributed by atoms with Gasteiger partial charge in [-0.15, -0.1) is 0 Å². The summed E-state index contributed by atoms with van der Waals surface area (Å²) in [7, 11) is 0. The second-order valence-electron chi connectivity index (χ2n) is 5.04. The third kappa shape index (κ3) is 3.50. The van der Waals surface area contributed by atoms with Gasteiger partial charge in [0.25, 0.3) is 0 Å². The molecule has 0 heterocycles. The first-order chi connectivity index (χ1) is 7.65. The molecular weight excluding hydrogens is 218 g/mol. The van der Waals surface area contributed by atoms with Gasteiger partial charge in [-0.1, -0.05) is 36.6 Å². The lowest BCUT2D eigenvalue weighted by atomic mass is 10.1. The van der Waals surface area contributed by atoms with E-state index in [1.807, 2.05) is 6.92 Å². The molecular formula is C14H20ClN. The van der Waals surface area contributed by atoms with Gasteiger partial charge >= 0.3 is 0 Å². The Hall–Kier alpha value is -0.530. The molecule has 0 aliphatic heterocycles. The highest BCUT2D eigenvalue weighted by Crippen LogP contribution is 2.33. The van der Waals surface area contributed by atoms with E-state index >= 15 is 0 Å². The molecule has 2 rings (SSSR count). The van der Waals surface area contributed by atoms with E-state index in [4.69, 9.17) is 11.6 Å². The second-order valence-corrected chi connectivity index (χ2v) is 5.45. The molecule has 88 valence electrons. The van der Waals surface area contributed by atoms with Gasteiger partial charge in [0, 0.05) is 17.6 Å². The van der Waals surface area contributed by atoms with Crippen molar-refractivity contribution in [1.82, 2.24) is 5.32 Å². The lowest BCUT2D eigenvalue weighted by Crippen LogP contribution is -2.25. The molecule has 16 heavy (non-hydrogen) atoms. The van der Waals surface area contributed by atoms with E-state index in [0.717, 1.165) is 23.0 Å². The SMILES string of the molecule is Cc1ccc(CNC(C)CC2CC2)cc1Cl. The maximum absolute atomic E-state index is 6.10. The molecule has 1 saturated carbocycles. The Labute approximate surface area is 103 Å². The van der Waals surface area contributed by atoms with Crippen LogP contribution < -0.4 is 5.32 Å². The zero-order valence-corrected chi connectivity index (χ0v) is 10.8. The Morgan fingerprint density at radius 2 is 2.19 bits per heavy atom. The zero-order valence-electron chi connectivity index (χ0n) is 10.1. The van der Waals surface area contributed by atoms with E-state index in [0.29, 0.717) is 6.04 Å². The molecule has 1 fully saturated rings. The van der Waals surface area contributed by atoms with Crippen molar-refractivity contribution in [2.24, 2.45) is 5.92 Å². The lowest BCUT2D eigenvalue weighted by molar-refractivity contribution is 0.487. The third-order valence-electron chi connectivity index (χ3n) is 3.27. The largest absolute Gasteiger partial charge is 0.310 e. The molecule has 0 spiro atoms. The highest BCUT2D eigenvalue weighted by molar-refractivity contribution is 6.31. The number of hydrogen-bond donors (Lipinski definition) is 1. The summed E-state index contributed by atoms with van der Waals surface area (Å²) in [5.74, 6) is 0.990. The maximum atomic E-state index is 6.10. The summed E-state index contributed by atoms with van der Waals surface area (Å²) in [5, 5.41) is 4.43. The van der Waals surface area contributed by atoms with Crippen LogP contribution >= 0.6 is 11.6 Å². The minimum atomic E-state index is 0.618. The summed E-state index contributed by atoms with van der Waals surface area (Å²) in [4.78, 5) is 0. The summed E-state index contributed by atoms with van der Waals surface area (Å²) in [5.41, 5.74) is 2.43. The van der Waals surface area contributed by atoms with Crippen LogP contribution in [0.2, 0.25) is 5.02 Å². The van der Waals surface area contributed by atoms with Gasteiger partial charge in [-0.25, -0.2) is 0 Å². The average molecular weight is 238 g/mol. The smallest absolute Gasteiger partial charge is 0.0438 e. The second kappa shape index (κ2) is 5.20. The highest BCUT2D eigenvalue weighted by atomic mass is 35.5. The van der Waals surface area contributed by atoms with E-state index in [1.54, 1.807) is 0 Å². The van der Waals surface area contributed by atoms with Gasteiger partial charge in [0.05, 0.1) is 0 Å². The third-order valence-corrected chi connectivity index (χ3v) is 3.68. The van der Waals surface area contributed by atoms with Crippen LogP contribution in [0.15, 0.2) is 18.2 Å². The minimum absolute atomic E-state index is 0.618. The van der Waals surface area contributed by atoms with Crippen LogP contribution in [0.3, 0.4) is 0 Å². The fourth-order valence-corrected chi connectivity index (χ4v) is 2.18. The van der Waals surface area contributed by atoms with Crippen LogP contribution in [0, 0.1) is 12.8 Å². The first-order valence-corrected chi connectivity index (χ1v) is 6.51. The van der Waals surface area contributed by atoms with Crippen molar-refractivity contribution in [3.8, 4) is 0 Å². The number of halogens is 1. The van der Waals surface area contributed by atoms with E-state index in [-0.39, 0.29) is 0 Å². The minimum Gasteiger partial charge on any atom is -0.310 e. The summed E-state index contributed by atoms with van der Waals surface area (Å²) < 4.78 is 0. The summed E-state index contributed by atoms with van der Waals surface area (Å²) >= 11 is 6.10. The Morgan fingerprint density at radius 3 is 2.81 bits per heavy atom. The molecule has 0 radical (unpaired) electrons. The topological polar surface area (TPSA) is 12.0 Å². The van der Waals surface area contributed by atoms with Crippen molar-refractivity contribution < 1.29 is 0 Å². The van der Waals surface area contributed by atoms with Gasteiger partial charge < -0.3 is 5.32 Å².